The van der Waals surface area contributed by atoms with Crippen LogP contribution in [-0.2, 0) is 10.2 Å². The second-order valence-corrected chi connectivity index (χ2v) is 5.25. The monoisotopic (exact) mass is 249 g/mol. The SMILES string of the molecule is N#CC1(C2(c3cc(F)ccc3F)COC2)CCC1. The van der Waals surface area contributed by atoms with Crippen LogP contribution >= 0.6 is 0 Å². The van der Waals surface area contributed by atoms with Gasteiger partial charge in [0.2, 0.25) is 0 Å². The van der Waals surface area contributed by atoms with Crippen LogP contribution in [0.5, 0.6) is 0 Å². The molecule has 2 fully saturated rings. The molecule has 0 amide bonds. The largest absolute Gasteiger partial charge is 0.379 e. The number of nitriles is 1. The summed E-state index contributed by atoms with van der Waals surface area (Å²) in [6.45, 7) is 0.613. The molecule has 4 heteroatoms. The molecule has 0 spiro atoms. The first-order valence-corrected chi connectivity index (χ1v) is 6.08. The number of benzene rings is 1. The zero-order valence-electron chi connectivity index (χ0n) is 9.88. The molecule has 0 radical (unpaired) electrons. The van der Waals surface area contributed by atoms with Crippen molar-refractivity contribution in [3.63, 3.8) is 0 Å². The summed E-state index contributed by atoms with van der Waals surface area (Å²) in [5, 5.41) is 9.44. The third-order valence-corrected chi connectivity index (χ3v) is 4.48. The van der Waals surface area contributed by atoms with Gasteiger partial charge in [-0.25, -0.2) is 8.78 Å². The Hall–Kier alpha value is -1.47. The van der Waals surface area contributed by atoms with Crippen LogP contribution in [0.3, 0.4) is 0 Å². The highest BCUT2D eigenvalue weighted by atomic mass is 19.1. The predicted molar refractivity (Wildman–Crippen MR) is 60.8 cm³/mol. The van der Waals surface area contributed by atoms with E-state index in [2.05, 4.69) is 6.07 Å². The Morgan fingerprint density at radius 2 is 1.94 bits per heavy atom. The molecule has 2 nitrogen and oxygen atoms in total. The van der Waals surface area contributed by atoms with Gasteiger partial charge in [-0.05, 0) is 31.0 Å². The first-order valence-electron chi connectivity index (χ1n) is 6.08. The maximum Gasteiger partial charge on any atom is 0.127 e. The van der Waals surface area contributed by atoms with Crippen molar-refractivity contribution in [3.8, 4) is 6.07 Å². The lowest BCUT2D eigenvalue weighted by molar-refractivity contribution is -0.136. The van der Waals surface area contributed by atoms with Crippen molar-refractivity contribution in [1.29, 1.82) is 5.26 Å². The third kappa shape index (κ3) is 1.28. The van der Waals surface area contributed by atoms with Gasteiger partial charge in [0.05, 0.1) is 30.1 Å². The van der Waals surface area contributed by atoms with Gasteiger partial charge in [0.15, 0.2) is 0 Å². The smallest absolute Gasteiger partial charge is 0.127 e. The van der Waals surface area contributed by atoms with Gasteiger partial charge >= 0.3 is 0 Å². The Morgan fingerprint density at radius 3 is 2.39 bits per heavy atom. The number of ether oxygens (including phenoxy) is 1. The molecule has 94 valence electrons. The van der Waals surface area contributed by atoms with Crippen LogP contribution in [-0.4, -0.2) is 13.2 Å². The zero-order chi connectivity index (χ0) is 12.8. The van der Waals surface area contributed by atoms with Crippen molar-refractivity contribution in [2.24, 2.45) is 5.41 Å². The highest BCUT2D eigenvalue weighted by molar-refractivity contribution is 5.38. The summed E-state index contributed by atoms with van der Waals surface area (Å²) >= 11 is 0. The van der Waals surface area contributed by atoms with Crippen LogP contribution in [0.1, 0.15) is 24.8 Å². The highest BCUT2D eigenvalue weighted by Crippen LogP contribution is 2.58. The first-order chi connectivity index (χ1) is 8.63. The minimum Gasteiger partial charge on any atom is -0.379 e. The minimum atomic E-state index is -0.661. The lowest BCUT2D eigenvalue weighted by Crippen LogP contribution is -2.61. The van der Waals surface area contributed by atoms with E-state index in [0.717, 1.165) is 31.4 Å². The Balaban J connectivity index is 2.12. The van der Waals surface area contributed by atoms with Crippen LogP contribution in [0, 0.1) is 28.4 Å². The Morgan fingerprint density at radius 1 is 1.22 bits per heavy atom. The Kier molecular flexibility index (Phi) is 2.43. The third-order valence-electron chi connectivity index (χ3n) is 4.48. The van der Waals surface area contributed by atoms with Gasteiger partial charge in [-0.2, -0.15) is 5.26 Å². The standard InChI is InChI=1S/C14H13F2NO/c15-10-2-3-12(16)11(6-10)14(8-18-9-14)13(7-17)4-1-5-13/h2-3,6H,1,4-5,8-9H2. The maximum absolute atomic E-state index is 14.0. The van der Waals surface area contributed by atoms with E-state index >= 15 is 0 Å². The summed E-state index contributed by atoms with van der Waals surface area (Å²) in [5.41, 5.74) is -0.943. The second-order valence-electron chi connectivity index (χ2n) is 5.25. The molecule has 3 rings (SSSR count). The number of halogens is 2. The van der Waals surface area contributed by atoms with E-state index in [1.54, 1.807) is 0 Å². The van der Waals surface area contributed by atoms with Gasteiger partial charge < -0.3 is 4.74 Å². The molecule has 1 aliphatic heterocycles. The topological polar surface area (TPSA) is 33.0 Å². The fourth-order valence-electron chi connectivity index (χ4n) is 3.09. The first kappa shape index (κ1) is 11.6. The average molecular weight is 249 g/mol. The summed E-state index contributed by atoms with van der Waals surface area (Å²) in [6.07, 6.45) is 2.44. The molecule has 0 atom stereocenters. The van der Waals surface area contributed by atoms with Crippen LogP contribution < -0.4 is 0 Å². The van der Waals surface area contributed by atoms with Crippen LogP contribution in [0.15, 0.2) is 18.2 Å². The molecule has 0 bridgehead atoms. The molecule has 1 saturated carbocycles. The number of nitrogens with zero attached hydrogens (tertiary/aromatic N) is 1. The van der Waals surface area contributed by atoms with Crippen molar-refractivity contribution in [2.75, 3.05) is 13.2 Å². The maximum atomic E-state index is 14.0. The molecular weight excluding hydrogens is 236 g/mol. The molecule has 1 heterocycles. The molecule has 0 unspecified atom stereocenters. The van der Waals surface area contributed by atoms with Gasteiger partial charge in [-0.1, -0.05) is 6.42 Å². The summed E-state index contributed by atoms with van der Waals surface area (Å²) in [5.74, 6) is -0.911. The molecule has 1 aromatic carbocycles. The van der Waals surface area contributed by atoms with Crippen LogP contribution in [0.2, 0.25) is 0 Å². The van der Waals surface area contributed by atoms with E-state index in [9.17, 15) is 14.0 Å². The quantitative estimate of drug-likeness (QED) is 0.807. The summed E-state index contributed by atoms with van der Waals surface area (Å²) in [6, 6.07) is 5.79. The molecule has 1 aromatic rings. The van der Waals surface area contributed by atoms with Crippen molar-refractivity contribution < 1.29 is 13.5 Å². The highest BCUT2D eigenvalue weighted by Gasteiger charge is 2.61. The van der Waals surface area contributed by atoms with Gasteiger partial charge in [0.25, 0.3) is 0 Å². The van der Waals surface area contributed by atoms with Crippen molar-refractivity contribution in [3.05, 3.63) is 35.4 Å². The molecule has 1 aliphatic carbocycles. The van der Waals surface area contributed by atoms with Crippen LogP contribution in [0.4, 0.5) is 8.78 Å². The van der Waals surface area contributed by atoms with Crippen molar-refractivity contribution >= 4 is 0 Å². The van der Waals surface area contributed by atoms with Crippen molar-refractivity contribution in [2.45, 2.75) is 24.7 Å². The molecule has 0 aromatic heterocycles. The fraction of sp³-hybridized carbons (Fsp3) is 0.500. The van der Waals surface area contributed by atoms with Gasteiger partial charge in [0.1, 0.15) is 11.6 Å². The molecular formula is C14H13F2NO. The van der Waals surface area contributed by atoms with E-state index in [1.807, 2.05) is 0 Å². The molecule has 2 aliphatic rings. The lowest BCUT2D eigenvalue weighted by atomic mass is 9.50. The number of hydrogen-bond acceptors (Lipinski definition) is 2. The number of hydrogen-bond donors (Lipinski definition) is 0. The van der Waals surface area contributed by atoms with E-state index in [1.165, 1.54) is 6.07 Å². The molecule has 1 saturated heterocycles. The van der Waals surface area contributed by atoms with E-state index in [0.29, 0.717) is 18.8 Å². The van der Waals surface area contributed by atoms with Gasteiger partial charge in [-0.3, -0.25) is 0 Å². The van der Waals surface area contributed by atoms with Crippen molar-refractivity contribution in [1.82, 2.24) is 0 Å². The second kappa shape index (κ2) is 3.76. The fourth-order valence-corrected chi connectivity index (χ4v) is 3.09. The lowest BCUT2D eigenvalue weighted by Gasteiger charge is -2.56. The summed E-state index contributed by atoms with van der Waals surface area (Å²) < 4.78 is 32.6. The van der Waals surface area contributed by atoms with Crippen LogP contribution in [0.25, 0.3) is 0 Å². The Labute approximate surface area is 104 Å². The molecule has 18 heavy (non-hydrogen) atoms. The predicted octanol–water partition coefficient (Wildman–Crippen LogP) is 2.93. The summed E-state index contributed by atoms with van der Waals surface area (Å²) in [4.78, 5) is 0. The Bertz CT molecular complexity index is 527. The zero-order valence-corrected chi connectivity index (χ0v) is 9.88. The van der Waals surface area contributed by atoms with Gasteiger partial charge in [-0.15, -0.1) is 0 Å². The molecule has 0 N–H and O–H groups in total. The van der Waals surface area contributed by atoms with E-state index in [4.69, 9.17) is 4.74 Å². The average Bonchev–Trinajstić information content (AvgIpc) is 2.25. The minimum absolute atomic E-state index is 0.301. The van der Waals surface area contributed by atoms with E-state index in [-0.39, 0.29) is 0 Å². The summed E-state index contributed by atoms with van der Waals surface area (Å²) in [7, 11) is 0. The number of rotatable bonds is 2. The van der Waals surface area contributed by atoms with E-state index < -0.39 is 22.5 Å². The normalized spacial score (nSPS) is 23.6. The van der Waals surface area contributed by atoms with Gasteiger partial charge in [0, 0.05) is 5.56 Å².